The van der Waals surface area contributed by atoms with Crippen molar-refractivity contribution in [1.82, 2.24) is 0 Å². The first kappa shape index (κ1) is 11.4. The summed E-state index contributed by atoms with van der Waals surface area (Å²) in [5, 5.41) is 0. The molecule has 1 saturated carbocycles. The normalized spacial score (nSPS) is 28.4. The zero-order valence-electron chi connectivity index (χ0n) is 10.2. The van der Waals surface area contributed by atoms with E-state index in [-0.39, 0.29) is 0 Å². The van der Waals surface area contributed by atoms with Crippen molar-refractivity contribution in [3.63, 3.8) is 0 Å². The molecule has 0 aromatic rings. The Bertz CT molecular complexity index is 310. The zero-order chi connectivity index (χ0) is 11.2. The summed E-state index contributed by atoms with van der Waals surface area (Å²) in [6, 6.07) is 0. The van der Waals surface area contributed by atoms with Gasteiger partial charge in [-0.1, -0.05) is 62.3 Å². The average molecular weight is 214 g/mol. The average Bonchev–Trinajstić information content (AvgIpc) is 2.56. The van der Waals surface area contributed by atoms with Crippen molar-refractivity contribution >= 4 is 0 Å². The molecule has 0 bridgehead atoms. The molecule has 86 valence electrons. The van der Waals surface area contributed by atoms with Gasteiger partial charge in [0.05, 0.1) is 0 Å². The molecular weight excluding hydrogens is 192 g/mol. The van der Waals surface area contributed by atoms with E-state index in [4.69, 9.17) is 0 Å². The van der Waals surface area contributed by atoms with Crippen LogP contribution in [0.5, 0.6) is 0 Å². The van der Waals surface area contributed by atoms with E-state index in [2.05, 4.69) is 49.5 Å². The minimum Gasteiger partial charge on any atom is -0.0741 e. The fourth-order valence-corrected chi connectivity index (χ4v) is 2.84. The van der Waals surface area contributed by atoms with Crippen LogP contribution in [0.15, 0.2) is 48.1 Å². The van der Waals surface area contributed by atoms with Gasteiger partial charge in [-0.3, -0.25) is 0 Å². The van der Waals surface area contributed by atoms with Gasteiger partial charge in [-0.2, -0.15) is 0 Å². The van der Waals surface area contributed by atoms with Crippen LogP contribution in [-0.4, -0.2) is 0 Å². The molecule has 2 rings (SSSR count). The standard InChI is InChI=1S/C16H22/c1-2-7-14-10-11-16(12-14)13-15-8-5-3-4-6-9-15/h3-6,8-9,13-14,16H,2,7,10-12H2,1H3. The third-order valence-electron chi connectivity index (χ3n) is 3.62. The van der Waals surface area contributed by atoms with Crippen LogP contribution in [0.2, 0.25) is 0 Å². The van der Waals surface area contributed by atoms with Crippen LogP contribution >= 0.6 is 0 Å². The number of hydrogen-bond donors (Lipinski definition) is 0. The van der Waals surface area contributed by atoms with Gasteiger partial charge >= 0.3 is 0 Å². The molecule has 2 atom stereocenters. The summed E-state index contributed by atoms with van der Waals surface area (Å²) in [7, 11) is 0. The lowest BCUT2D eigenvalue weighted by Crippen LogP contribution is -1.94. The minimum atomic E-state index is 0.818. The second-order valence-electron chi connectivity index (χ2n) is 5.00. The number of rotatable bonds is 3. The van der Waals surface area contributed by atoms with Gasteiger partial charge in [-0.15, -0.1) is 0 Å². The van der Waals surface area contributed by atoms with Crippen molar-refractivity contribution in [2.45, 2.75) is 39.0 Å². The SMILES string of the molecule is CCCC1CCC(C=C2C=CC=CC=C2)C1. The molecule has 0 heteroatoms. The molecule has 0 amide bonds. The molecule has 0 heterocycles. The highest BCUT2D eigenvalue weighted by atomic mass is 14.3. The van der Waals surface area contributed by atoms with Crippen molar-refractivity contribution < 1.29 is 0 Å². The summed E-state index contributed by atoms with van der Waals surface area (Å²) in [5.74, 6) is 1.81. The molecule has 0 N–H and O–H groups in total. The lowest BCUT2D eigenvalue weighted by atomic mass is 9.99. The highest BCUT2D eigenvalue weighted by Crippen LogP contribution is 2.35. The van der Waals surface area contributed by atoms with E-state index in [1.165, 1.54) is 37.7 Å². The van der Waals surface area contributed by atoms with Gasteiger partial charge in [0, 0.05) is 0 Å². The molecule has 16 heavy (non-hydrogen) atoms. The number of allylic oxidation sites excluding steroid dienone is 8. The first-order chi connectivity index (χ1) is 7.88. The molecule has 0 aliphatic heterocycles. The van der Waals surface area contributed by atoms with Crippen molar-refractivity contribution in [3.05, 3.63) is 48.1 Å². The van der Waals surface area contributed by atoms with Crippen LogP contribution in [0.1, 0.15) is 39.0 Å². The zero-order valence-corrected chi connectivity index (χ0v) is 10.2. The summed E-state index contributed by atoms with van der Waals surface area (Å²) >= 11 is 0. The van der Waals surface area contributed by atoms with E-state index in [9.17, 15) is 0 Å². The van der Waals surface area contributed by atoms with Crippen LogP contribution in [0.3, 0.4) is 0 Å². The largest absolute Gasteiger partial charge is 0.0741 e. The van der Waals surface area contributed by atoms with E-state index >= 15 is 0 Å². The number of hydrogen-bond acceptors (Lipinski definition) is 0. The Hall–Kier alpha value is -1.04. The predicted octanol–water partition coefficient (Wildman–Crippen LogP) is 4.81. The Labute approximate surface area is 99.4 Å². The smallest absolute Gasteiger partial charge is 0.0222 e. The van der Waals surface area contributed by atoms with E-state index in [0.717, 1.165) is 11.8 Å². The predicted molar refractivity (Wildman–Crippen MR) is 71.2 cm³/mol. The molecule has 0 nitrogen and oxygen atoms in total. The maximum absolute atomic E-state index is 2.47. The minimum absolute atomic E-state index is 0.818. The van der Waals surface area contributed by atoms with Gasteiger partial charge in [0.15, 0.2) is 0 Å². The van der Waals surface area contributed by atoms with E-state index in [1.54, 1.807) is 0 Å². The quantitative estimate of drug-likeness (QED) is 0.632. The van der Waals surface area contributed by atoms with Gasteiger partial charge in [-0.05, 0) is 36.7 Å². The highest BCUT2D eigenvalue weighted by molar-refractivity contribution is 5.37. The maximum atomic E-state index is 2.47. The fourth-order valence-electron chi connectivity index (χ4n) is 2.84. The van der Waals surface area contributed by atoms with E-state index < -0.39 is 0 Å². The molecule has 0 aromatic heterocycles. The Morgan fingerprint density at radius 2 is 1.88 bits per heavy atom. The van der Waals surface area contributed by atoms with Crippen LogP contribution in [0.4, 0.5) is 0 Å². The molecule has 2 aliphatic rings. The van der Waals surface area contributed by atoms with Crippen molar-refractivity contribution in [2.75, 3.05) is 0 Å². The van der Waals surface area contributed by atoms with Crippen molar-refractivity contribution in [3.8, 4) is 0 Å². The van der Waals surface area contributed by atoms with Gasteiger partial charge < -0.3 is 0 Å². The van der Waals surface area contributed by atoms with Crippen LogP contribution in [0, 0.1) is 11.8 Å². The third-order valence-corrected chi connectivity index (χ3v) is 3.62. The van der Waals surface area contributed by atoms with Crippen molar-refractivity contribution in [1.29, 1.82) is 0 Å². The van der Waals surface area contributed by atoms with Crippen LogP contribution < -0.4 is 0 Å². The third kappa shape index (κ3) is 3.23. The molecule has 2 unspecified atom stereocenters. The lowest BCUT2D eigenvalue weighted by Gasteiger charge is -2.07. The second-order valence-corrected chi connectivity index (χ2v) is 5.00. The van der Waals surface area contributed by atoms with Gasteiger partial charge in [0.25, 0.3) is 0 Å². The Morgan fingerprint density at radius 3 is 2.56 bits per heavy atom. The van der Waals surface area contributed by atoms with E-state index in [0.29, 0.717) is 0 Å². The summed E-state index contributed by atoms with van der Waals surface area (Å²) in [5.41, 5.74) is 1.38. The van der Waals surface area contributed by atoms with Gasteiger partial charge in [0.1, 0.15) is 0 Å². The molecule has 0 aromatic carbocycles. The topological polar surface area (TPSA) is 0 Å². The van der Waals surface area contributed by atoms with Gasteiger partial charge in [-0.25, -0.2) is 0 Å². The summed E-state index contributed by atoms with van der Waals surface area (Å²) < 4.78 is 0. The van der Waals surface area contributed by atoms with Crippen molar-refractivity contribution in [2.24, 2.45) is 11.8 Å². The summed E-state index contributed by atoms with van der Waals surface area (Å²) in [6.45, 7) is 2.30. The summed E-state index contributed by atoms with van der Waals surface area (Å²) in [4.78, 5) is 0. The molecule has 2 aliphatic carbocycles. The first-order valence-electron chi connectivity index (χ1n) is 6.61. The van der Waals surface area contributed by atoms with Gasteiger partial charge in [0.2, 0.25) is 0 Å². The molecule has 0 spiro atoms. The Balaban J connectivity index is 1.92. The Kier molecular flexibility index (Phi) is 4.21. The monoisotopic (exact) mass is 214 g/mol. The van der Waals surface area contributed by atoms with E-state index in [1.807, 2.05) is 0 Å². The molecule has 1 fully saturated rings. The second kappa shape index (κ2) is 5.89. The molecular formula is C16H22. The van der Waals surface area contributed by atoms with Crippen LogP contribution in [-0.2, 0) is 0 Å². The fraction of sp³-hybridized carbons (Fsp3) is 0.500. The molecule has 0 radical (unpaired) electrons. The molecule has 0 saturated heterocycles. The lowest BCUT2D eigenvalue weighted by molar-refractivity contribution is 0.484. The maximum Gasteiger partial charge on any atom is -0.0222 e. The highest BCUT2D eigenvalue weighted by Gasteiger charge is 2.22. The Morgan fingerprint density at radius 1 is 1.12 bits per heavy atom. The van der Waals surface area contributed by atoms with Crippen LogP contribution in [0.25, 0.3) is 0 Å². The summed E-state index contributed by atoms with van der Waals surface area (Å²) in [6.07, 6.45) is 22.3. The first-order valence-corrected chi connectivity index (χ1v) is 6.61.